The molecule has 1 aromatic heterocycles. The maximum atomic E-state index is 13.6. The third-order valence-electron chi connectivity index (χ3n) is 4.98. The molecule has 2 aromatic carbocycles. The van der Waals surface area contributed by atoms with Gasteiger partial charge in [-0.05, 0) is 42.8 Å². The lowest BCUT2D eigenvalue weighted by molar-refractivity contribution is -0.121. The number of amides is 1. The van der Waals surface area contributed by atoms with Crippen LogP contribution in [-0.4, -0.2) is 30.2 Å². The number of rotatable bonds is 4. The highest BCUT2D eigenvalue weighted by Gasteiger charge is 2.28. The number of fused-ring (bicyclic) bond motifs is 1. The average molecular weight is 408 g/mol. The second kappa shape index (κ2) is 8.67. The summed E-state index contributed by atoms with van der Waals surface area (Å²) >= 11 is 0. The van der Waals surface area contributed by atoms with Crippen LogP contribution in [0.2, 0.25) is 0 Å². The zero-order valence-corrected chi connectivity index (χ0v) is 15.8. The Balaban J connectivity index is 0.00000225. The molecular formula is C20H20ClF2N3O2. The van der Waals surface area contributed by atoms with E-state index in [4.69, 9.17) is 4.52 Å². The van der Waals surface area contributed by atoms with Gasteiger partial charge >= 0.3 is 0 Å². The van der Waals surface area contributed by atoms with Gasteiger partial charge in [-0.25, -0.2) is 8.78 Å². The van der Waals surface area contributed by atoms with Crippen molar-refractivity contribution in [3.8, 4) is 0 Å². The molecule has 2 heterocycles. The minimum Gasteiger partial charge on any atom is -0.356 e. The lowest BCUT2D eigenvalue weighted by atomic mass is 9.86. The second-order valence-corrected chi connectivity index (χ2v) is 6.75. The lowest BCUT2D eigenvalue weighted by Gasteiger charge is -2.33. The van der Waals surface area contributed by atoms with Crippen molar-refractivity contribution < 1.29 is 18.1 Å². The first-order valence-electron chi connectivity index (χ1n) is 8.90. The van der Waals surface area contributed by atoms with Crippen LogP contribution in [0, 0.1) is 11.6 Å². The molecule has 2 atom stereocenters. The van der Waals surface area contributed by atoms with Gasteiger partial charge in [-0.15, -0.1) is 12.4 Å². The van der Waals surface area contributed by atoms with Gasteiger partial charge in [-0.3, -0.25) is 4.79 Å². The Labute approximate surface area is 166 Å². The van der Waals surface area contributed by atoms with Crippen molar-refractivity contribution in [2.24, 2.45) is 0 Å². The maximum absolute atomic E-state index is 13.6. The van der Waals surface area contributed by atoms with E-state index in [-0.39, 0.29) is 36.7 Å². The molecule has 1 fully saturated rings. The molecule has 28 heavy (non-hydrogen) atoms. The molecule has 8 heteroatoms. The van der Waals surface area contributed by atoms with E-state index in [1.807, 2.05) is 18.2 Å². The van der Waals surface area contributed by atoms with Gasteiger partial charge in [0.2, 0.25) is 5.91 Å². The SMILES string of the molecule is Cl.O=C(Cc1noc2ccccc12)NC1CNCCC1c1ccc(F)c(F)c1. The Morgan fingerprint density at radius 2 is 2.04 bits per heavy atom. The van der Waals surface area contributed by atoms with Crippen molar-refractivity contribution in [2.75, 3.05) is 13.1 Å². The third-order valence-corrected chi connectivity index (χ3v) is 4.98. The summed E-state index contributed by atoms with van der Waals surface area (Å²) in [7, 11) is 0. The average Bonchev–Trinajstić information content (AvgIpc) is 3.07. The monoisotopic (exact) mass is 407 g/mol. The van der Waals surface area contributed by atoms with Crippen molar-refractivity contribution in [2.45, 2.75) is 24.8 Å². The van der Waals surface area contributed by atoms with Gasteiger partial charge in [-0.1, -0.05) is 23.4 Å². The van der Waals surface area contributed by atoms with Crippen molar-refractivity contribution in [1.29, 1.82) is 0 Å². The van der Waals surface area contributed by atoms with Gasteiger partial charge in [0.25, 0.3) is 0 Å². The maximum Gasteiger partial charge on any atom is 0.226 e. The summed E-state index contributed by atoms with van der Waals surface area (Å²) in [5.74, 6) is -2.01. The van der Waals surface area contributed by atoms with E-state index in [0.717, 1.165) is 24.4 Å². The Bertz CT molecular complexity index is 979. The van der Waals surface area contributed by atoms with E-state index in [1.54, 1.807) is 12.1 Å². The normalized spacial score (nSPS) is 19.2. The van der Waals surface area contributed by atoms with Crippen molar-refractivity contribution in [3.63, 3.8) is 0 Å². The first-order chi connectivity index (χ1) is 13.1. The summed E-state index contributed by atoms with van der Waals surface area (Å²) in [5.41, 5.74) is 1.91. The van der Waals surface area contributed by atoms with Crippen LogP contribution in [0.4, 0.5) is 8.78 Å². The van der Waals surface area contributed by atoms with Crippen molar-refractivity contribution in [3.05, 3.63) is 65.4 Å². The first kappa shape index (κ1) is 20.2. The lowest BCUT2D eigenvalue weighted by Crippen LogP contribution is -2.50. The molecule has 4 rings (SSSR count). The fourth-order valence-electron chi connectivity index (χ4n) is 3.63. The molecule has 2 N–H and O–H groups in total. The van der Waals surface area contributed by atoms with E-state index < -0.39 is 11.6 Å². The number of nitrogens with one attached hydrogen (secondary N) is 2. The summed E-state index contributed by atoms with van der Waals surface area (Å²) in [6.45, 7) is 1.32. The Morgan fingerprint density at radius 1 is 1.21 bits per heavy atom. The van der Waals surface area contributed by atoms with Crippen LogP contribution in [0.1, 0.15) is 23.6 Å². The van der Waals surface area contributed by atoms with E-state index >= 15 is 0 Å². The van der Waals surface area contributed by atoms with E-state index in [2.05, 4.69) is 15.8 Å². The highest BCUT2D eigenvalue weighted by Crippen LogP contribution is 2.27. The molecule has 0 aliphatic carbocycles. The summed E-state index contributed by atoms with van der Waals surface area (Å²) in [6, 6.07) is 11.1. The minimum atomic E-state index is -0.870. The number of hydrogen-bond acceptors (Lipinski definition) is 4. The highest BCUT2D eigenvalue weighted by atomic mass is 35.5. The molecule has 3 aromatic rings. The summed E-state index contributed by atoms with van der Waals surface area (Å²) in [4.78, 5) is 12.6. The zero-order chi connectivity index (χ0) is 18.8. The molecule has 1 saturated heterocycles. The molecule has 1 aliphatic heterocycles. The molecule has 1 amide bonds. The quantitative estimate of drug-likeness (QED) is 0.696. The van der Waals surface area contributed by atoms with Gasteiger partial charge in [0, 0.05) is 23.9 Å². The number of piperidine rings is 1. The predicted octanol–water partition coefficient (Wildman–Crippen LogP) is 3.33. The Hall–Kier alpha value is -2.51. The smallest absolute Gasteiger partial charge is 0.226 e. The molecule has 0 spiro atoms. The first-order valence-corrected chi connectivity index (χ1v) is 8.90. The van der Waals surface area contributed by atoms with Crippen LogP contribution in [-0.2, 0) is 11.2 Å². The second-order valence-electron chi connectivity index (χ2n) is 6.75. The van der Waals surface area contributed by atoms with Crippen LogP contribution in [0.5, 0.6) is 0 Å². The van der Waals surface area contributed by atoms with Gasteiger partial charge in [0.1, 0.15) is 5.69 Å². The van der Waals surface area contributed by atoms with Crippen LogP contribution in [0.3, 0.4) is 0 Å². The molecule has 2 unspecified atom stereocenters. The van der Waals surface area contributed by atoms with E-state index in [1.165, 1.54) is 6.07 Å². The molecule has 0 radical (unpaired) electrons. The number of carbonyl (C=O) groups excluding carboxylic acids is 1. The zero-order valence-electron chi connectivity index (χ0n) is 15.0. The molecule has 0 bridgehead atoms. The number of hydrogen-bond donors (Lipinski definition) is 2. The van der Waals surface area contributed by atoms with Crippen molar-refractivity contribution >= 4 is 29.3 Å². The Kier molecular flexibility index (Phi) is 6.26. The number of carbonyl (C=O) groups is 1. The Morgan fingerprint density at radius 3 is 2.86 bits per heavy atom. The minimum absolute atomic E-state index is 0. The number of para-hydroxylation sites is 1. The highest BCUT2D eigenvalue weighted by molar-refractivity contribution is 5.86. The summed E-state index contributed by atoms with van der Waals surface area (Å²) in [6.07, 6.45) is 0.820. The van der Waals surface area contributed by atoms with Gasteiger partial charge in [0.15, 0.2) is 17.2 Å². The molecular weight excluding hydrogens is 388 g/mol. The fourth-order valence-corrected chi connectivity index (χ4v) is 3.63. The van der Waals surface area contributed by atoms with Crippen LogP contribution >= 0.6 is 12.4 Å². The van der Waals surface area contributed by atoms with Gasteiger partial charge in [0.05, 0.1) is 6.42 Å². The number of aromatic nitrogens is 1. The topological polar surface area (TPSA) is 67.2 Å². The van der Waals surface area contributed by atoms with Crippen molar-refractivity contribution in [1.82, 2.24) is 15.8 Å². The standard InChI is InChI=1S/C20H19F2N3O2.ClH/c21-15-6-5-12(9-16(15)22)13-7-8-23-11-18(13)24-20(26)10-17-14-3-1-2-4-19(14)27-25-17;/h1-6,9,13,18,23H,7-8,10-11H2,(H,24,26);1H. The molecule has 1 aliphatic rings. The third kappa shape index (κ3) is 4.15. The molecule has 148 valence electrons. The largest absolute Gasteiger partial charge is 0.356 e. The van der Waals surface area contributed by atoms with Crippen LogP contribution < -0.4 is 10.6 Å². The summed E-state index contributed by atoms with van der Waals surface area (Å²) in [5, 5.41) is 11.0. The summed E-state index contributed by atoms with van der Waals surface area (Å²) < 4.78 is 32.1. The number of nitrogens with zero attached hydrogens (tertiary/aromatic N) is 1. The van der Waals surface area contributed by atoms with Gasteiger partial charge < -0.3 is 15.2 Å². The van der Waals surface area contributed by atoms with Crippen LogP contribution in [0.15, 0.2) is 47.0 Å². The fraction of sp³-hybridized carbons (Fsp3) is 0.300. The number of benzene rings is 2. The molecule has 5 nitrogen and oxygen atoms in total. The van der Waals surface area contributed by atoms with Gasteiger partial charge in [-0.2, -0.15) is 0 Å². The predicted molar refractivity (Wildman–Crippen MR) is 103 cm³/mol. The molecule has 0 saturated carbocycles. The van der Waals surface area contributed by atoms with E-state index in [9.17, 15) is 13.6 Å². The number of halogens is 3. The van der Waals surface area contributed by atoms with Crippen LogP contribution in [0.25, 0.3) is 11.0 Å². The van der Waals surface area contributed by atoms with E-state index in [0.29, 0.717) is 23.4 Å².